The predicted molar refractivity (Wildman–Crippen MR) is 86.4 cm³/mol. The van der Waals surface area contributed by atoms with Crippen molar-refractivity contribution in [2.24, 2.45) is 0 Å². The van der Waals surface area contributed by atoms with Crippen LogP contribution in [0.15, 0.2) is 71.2 Å². The molecule has 0 aliphatic rings. The van der Waals surface area contributed by atoms with Crippen LogP contribution in [-0.4, -0.2) is 0 Å². The Balaban J connectivity index is 2.55. The largest absolute Gasteiger partial charge is 0.198 e. The summed E-state index contributed by atoms with van der Waals surface area (Å²) in [4.78, 5) is 0. The van der Waals surface area contributed by atoms with E-state index in [4.69, 9.17) is 0 Å². The quantitative estimate of drug-likeness (QED) is 0.744. The summed E-state index contributed by atoms with van der Waals surface area (Å²) in [5.74, 6) is -0.810. The van der Waals surface area contributed by atoms with Crippen molar-refractivity contribution in [3.8, 4) is 12.1 Å². The second-order valence-electron chi connectivity index (χ2n) is 4.65. The molecule has 3 heteroatoms. The summed E-state index contributed by atoms with van der Waals surface area (Å²) >= 11 is 3.49. The highest BCUT2D eigenvalue weighted by molar-refractivity contribution is 9.10. The van der Waals surface area contributed by atoms with Gasteiger partial charge in [0.15, 0.2) is 0 Å². The molecule has 0 N–H and O–H groups in total. The van der Waals surface area contributed by atoms with Crippen LogP contribution < -0.4 is 0 Å². The fraction of sp³-hybridized carbons (Fsp3) is 0.111. The van der Waals surface area contributed by atoms with E-state index >= 15 is 0 Å². The van der Waals surface area contributed by atoms with Crippen LogP contribution in [0.25, 0.3) is 0 Å². The van der Waals surface area contributed by atoms with Crippen LogP contribution in [0.1, 0.15) is 23.0 Å². The zero-order valence-electron chi connectivity index (χ0n) is 11.3. The first-order valence-corrected chi connectivity index (χ1v) is 7.26. The van der Waals surface area contributed by atoms with Gasteiger partial charge < -0.3 is 0 Å². The average Bonchev–Trinajstić information content (AvgIpc) is 2.53. The van der Waals surface area contributed by atoms with Crippen molar-refractivity contribution in [3.05, 3.63) is 82.3 Å². The van der Waals surface area contributed by atoms with Crippen molar-refractivity contribution >= 4 is 15.9 Å². The lowest BCUT2D eigenvalue weighted by Crippen LogP contribution is -2.12. The lowest BCUT2D eigenvalue weighted by Gasteiger charge is -2.22. The van der Waals surface area contributed by atoms with Crippen LogP contribution >= 0.6 is 15.9 Å². The normalized spacial score (nSPS) is 12.7. The molecule has 2 rings (SSSR count). The number of hydrogen-bond donors (Lipinski definition) is 0. The molecule has 0 amide bonds. The molecule has 0 saturated carbocycles. The Bertz CT molecular complexity index is 723. The molecule has 0 bridgehead atoms. The molecular weight excluding hydrogens is 324 g/mol. The lowest BCUT2D eigenvalue weighted by molar-refractivity contribution is 0.726. The molecule has 0 aromatic heterocycles. The summed E-state index contributed by atoms with van der Waals surface area (Å²) in [5.41, 5.74) is 2.18. The third-order valence-corrected chi connectivity index (χ3v) is 4.11. The highest BCUT2D eigenvalue weighted by Gasteiger charge is 2.28. The van der Waals surface area contributed by atoms with Gasteiger partial charge in [0.1, 0.15) is 0 Å². The first kappa shape index (κ1) is 15.0. The standard InChI is InChI=1S/C18H13BrN2/c1-13(11-20)18(14-7-3-2-4-8-14)16(12-21)15-9-5-6-10-17(15)19/h2-10,16,18H,1H2. The minimum Gasteiger partial charge on any atom is -0.198 e. The van der Waals surface area contributed by atoms with E-state index in [1.165, 1.54) is 0 Å². The fourth-order valence-electron chi connectivity index (χ4n) is 2.38. The summed E-state index contributed by atoms with van der Waals surface area (Å²) in [6.07, 6.45) is 0. The third kappa shape index (κ3) is 3.21. The van der Waals surface area contributed by atoms with E-state index in [1.54, 1.807) is 0 Å². The zero-order valence-corrected chi connectivity index (χ0v) is 12.9. The lowest BCUT2D eigenvalue weighted by atomic mass is 9.78. The molecule has 2 aromatic rings. The average molecular weight is 337 g/mol. The Hall–Kier alpha value is -2.36. The van der Waals surface area contributed by atoms with Crippen LogP contribution in [0.4, 0.5) is 0 Å². The molecular formula is C18H13BrN2. The first-order valence-electron chi connectivity index (χ1n) is 6.47. The topological polar surface area (TPSA) is 47.6 Å². The highest BCUT2D eigenvalue weighted by atomic mass is 79.9. The molecule has 2 atom stereocenters. The van der Waals surface area contributed by atoms with Gasteiger partial charge in [-0.2, -0.15) is 10.5 Å². The van der Waals surface area contributed by atoms with Crippen molar-refractivity contribution in [1.29, 1.82) is 10.5 Å². The summed E-state index contributed by atoms with van der Waals surface area (Å²) < 4.78 is 0.864. The van der Waals surface area contributed by atoms with Crippen molar-refractivity contribution in [3.63, 3.8) is 0 Å². The third-order valence-electron chi connectivity index (χ3n) is 3.39. The molecule has 0 aliphatic carbocycles. The number of benzene rings is 2. The zero-order chi connectivity index (χ0) is 15.2. The molecule has 0 heterocycles. The number of halogens is 1. The summed E-state index contributed by atoms with van der Waals surface area (Å²) in [7, 11) is 0. The van der Waals surface area contributed by atoms with E-state index in [9.17, 15) is 10.5 Å². The van der Waals surface area contributed by atoms with Crippen LogP contribution in [-0.2, 0) is 0 Å². The predicted octanol–water partition coefficient (Wildman–Crippen LogP) is 4.92. The maximum Gasteiger partial charge on any atom is 0.0948 e. The maximum absolute atomic E-state index is 9.66. The van der Waals surface area contributed by atoms with Gasteiger partial charge >= 0.3 is 0 Å². The molecule has 2 aromatic carbocycles. The van der Waals surface area contributed by atoms with Crippen LogP contribution in [0.3, 0.4) is 0 Å². The Kier molecular flexibility index (Phi) is 4.93. The maximum atomic E-state index is 9.66. The van der Waals surface area contributed by atoms with Crippen LogP contribution in [0, 0.1) is 22.7 Å². The van der Waals surface area contributed by atoms with Crippen molar-refractivity contribution in [1.82, 2.24) is 0 Å². The molecule has 0 radical (unpaired) electrons. The molecule has 0 saturated heterocycles. The van der Waals surface area contributed by atoms with Crippen LogP contribution in [0.5, 0.6) is 0 Å². The molecule has 21 heavy (non-hydrogen) atoms. The SMILES string of the molecule is C=C(C#N)C(c1ccccc1)C(C#N)c1ccccc1Br. The fourth-order valence-corrected chi connectivity index (χ4v) is 2.91. The number of nitriles is 2. The van der Waals surface area contributed by atoms with Crippen molar-refractivity contribution in [2.75, 3.05) is 0 Å². The summed E-state index contributed by atoms with van der Waals surface area (Å²) in [6, 6.07) is 21.6. The van der Waals surface area contributed by atoms with Crippen LogP contribution in [0.2, 0.25) is 0 Å². The Labute approximate surface area is 133 Å². The minimum absolute atomic E-state index is 0.347. The monoisotopic (exact) mass is 336 g/mol. The summed E-state index contributed by atoms with van der Waals surface area (Å²) in [6.45, 7) is 3.85. The Morgan fingerprint density at radius 1 is 1.00 bits per heavy atom. The van der Waals surface area contributed by atoms with Gasteiger partial charge in [-0.05, 0) is 17.2 Å². The molecule has 102 valence electrons. The highest BCUT2D eigenvalue weighted by Crippen LogP contribution is 2.39. The van der Waals surface area contributed by atoms with Crippen molar-refractivity contribution in [2.45, 2.75) is 11.8 Å². The molecule has 2 nitrogen and oxygen atoms in total. The van der Waals surface area contributed by atoms with E-state index in [1.807, 2.05) is 54.6 Å². The van der Waals surface area contributed by atoms with Gasteiger partial charge in [0.2, 0.25) is 0 Å². The van der Waals surface area contributed by atoms with Gasteiger partial charge in [0.25, 0.3) is 0 Å². The Morgan fingerprint density at radius 3 is 2.19 bits per heavy atom. The van der Waals surface area contributed by atoms with Gasteiger partial charge in [0.05, 0.1) is 18.1 Å². The minimum atomic E-state index is -0.463. The van der Waals surface area contributed by atoms with Crippen molar-refractivity contribution < 1.29 is 0 Å². The number of hydrogen-bond acceptors (Lipinski definition) is 2. The molecule has 0 aliphatic heterocycles. The van der Waals surface area contributed by atoms with E-state index in [0.717, 1.165) is 15.6 Å². The van der Waals surface area contributed by atoms with Gasteiger partial charge in [-0.25, -0.2) is 0 Å². The van der Waals surface area contributed by atoms with E-state index in [2.05, 4.69) is 34.6 Å². The van der Waals surface area contributed by atoms with E-state index in [0.29, 0.717) is 5.57 Å². The second-order valence-corrected chi connectivity index (χ2v) is 5.51. The van der Waals surface area contributed by atoms with Gasteiger partial charge in [-0.1, -0.05) is 71.0 Å². The number of allylic oxidation sites excluding steroid dienone is 1. The van der Waals surface area contributed by atoms with Gasteiger partial charge in [-0.15, -0.1) is 0 Å². The molecule has 2 unspecified atom stereocenters. The number of rotatable bonds is 4. The Morgan fingerprint density at radius 2 is 1.62 bits per heavy atom. The number of nitrogens with zero attached hydrogens (tertiary/aromatic N) is 2. The molecule has 0 fully saturated rings. The van der Waals surface area contributed by atoms with Gasteiger partial charge in [-0.3, -0.25) is 0 Å². The smallest absolute Gasteiger partial charge is 0.0948 e. The molecule has 0 spiro atoms. The van der Waals surface area contributed by atoms with E-state index in [-0.39, 0.29) is 5.92 Å². The summed E-state index contributed by atoms with van der Waals surface area (Å²) in [5, 5.41) is 18.9. The second kappa shape index (κ2) is 6.88. The van der Waals surface area contributed by atoms with E-state index < -0.39 is 5.92 Å². The first-order chi connectivity index (χ1) is 10.2. The van der Waals surface area contributed by atoms with Gasteiger partial charge in [0, 0.05) is 16.0 Å².